The lowest BCUT2D eigenvalue weighted by atomic mass is 9.95. The summed E-state index contributed by atoms with van der Waals surface area (Å²) in [4.78, 5) is 49.5. The normalized spacial score (nSPS) is 18.8. The molecule has 0 bridgehead atoms. The van der Waals surface area contributed by atoms with E-state index in [1.165, 1.54) is 23.7 Å². The van der Waals surface area contributed by atoms with Crippen molar-refractivity contribution in [2.45, 2.75) is 76.8 Å². The first kappa shape index (κ1) is 27.1. The van der Waals surface area contributed by atoms with Gasteiger partial charge in [-0.15, -0.1) is 0 Å². The summed E-state index contributed by atoms with van der Waals surface area (Å²) in [6, 6.07) is 15.0. The molecule has 3 aliphatic rings. The van der Waals surface area contributed by atoms with E-state index in [0.29, 0.717) is 29.0 Å². The lowest BCUT2D eigenvalue weighted by molar-refractivity contribution is -0.123. The fourth-order valence-corrected chi connectivity index (χ4v) is 6.12. The van der Waals surface area contributed by atoms with Crippen LogP contribution in [0.5, 0.6) is 0 Å². The molecule has 0 saturated heterocycles. The number of carbonyl (C=O) groups excluding carboxylic acids is 3. The fraction of sp³-hybridized carbons (Fsp3) is 0.433. The highest BCUT2D eigenvalue weighted by Crippen LogP contribution is 2.35. The highest BCUT2D eigenvalue weighted by Gasteiger charge is 2.41. The summed E-state index contributed by atoms with van der Waals surface area (Å²) in [5.74, 6) is 0.606. The lowest BCUT2D eigenvalue weighted by Gasteiger charge is -2.31. The summed E-state index contributed by atoms with van der Waals surface area (Å²) in [6.07, 6.45) is 6.11. The lowest BCUT2D eigenvalue weighted by Crippen LogP contribution is -2.44. The molecule has 5 rings (SSSR count). The van der Waals surface area contributed by atoms with Crippen LogP contribution in [0.25, 0.3) is 0 Å². The first-order valence-electron chi connectivity index (χ1n) is 13.8. The van der Waals surface area contributed by atoms with Gasteiger partial charge in [-0.2, -0.15) is 4.99 Å². The Morgan fingerprint density at radius 3 is 2.49 bits per heavy atom. The number of para-hydroxylation sites is 1. The third-order valence-corrected chi connectivity index (χ3v) is 8.37. The van der Waals surface area contributed by atoms with Crippen LogP contribution in [0.4, 0.5) is 11.4 Å². The molecule has 2 aromatic rings. The van der Waals surface area contributed by atoms with Crippen LogP contribution in [0.2, 0.25) is 0 Å². The highest BCUT2D eigenvalue weighted by atomic mass is 32.2. The molecule has 1 aliphatic carbocycles. The van der Waals surface area contributed by atoms with Gasteiger partial charge in [0.2, 0.25) is 11.8 Å². The summed E-state index contributed by atoms with van der Waals surface area (Å²) < 4.78 is 0. The van der Waals surface area contributed by atoms with Crippen molar-refractivity contribution in [2.24, 2.45) is 9.98 Å². The van der Waals surface area contributed by atoms with Gasteiger partial charge in [-0.05, 0) is 55.0 Å². The number of rotatable bonds is 8. The van der Waals surface area contributed by atoms with Crippen molar-refractivity contribution in [3.05, 3.63) is 59.7 Å². The number of aliphatic imine (C=N–C) groups is 2. The van der Waals surface area contributed by atoms with E-state index in [1.54, 1.807) is 0 Å². The first-order valence-corrected chi connectivity index (χ1v) is 14.8. The molecule has 1 saturated carbocycles. The average Bonchev–Trinajstić information content (AvgIpc) is 3.27. The van der Waals surface area contributed by atoms with Gasteiger partial charge in [-0.25, -0.2) is 4.99 Å². The van der Waals surface area contributed by atoms with E-state index in [2.05, 4.69) is 29.5 Å². The van der Waals surface area contributed by atoms with Crippen LogP contribution in [0.1, 0.15) is 75.8 Å². The SMILES string of the molecule is CC(C)c1ccc(NC(=O)CSC2=Nc3ccccc3C3=NC(=O)C(CCC(=O)NC4CCCCC4)N23)cc1. The molecule has 2 heterocycles. The Kier molecular flexibility index (Phi) is 8.45. The van der Waals surface area contributed by atoms with Crippen LogP contribution >= 0.6 is 11.8 Å². The molecule has 9 heteroatoms. The molecular weight excluding hydrogens is 510 g/mol. The Morgan fingerprint density at radius 2 is 1.74 bits per heavy atom. The van der Waals surface area contributed by atoms with Crippen molar-refractivity contribution in [2.75, 3.05) is 11.1 Å². The van der Waals surface area contributed by atoms with E-state index < -0.39 is 6.04 Å². The second kappa shape index (κ2) is 12.2. The number of nitrogens with zero attached hydrogens (tertiary/aromatic N) is 3. The van der Waals surface area contributed by atoms with Crippen molar-refractivity contribution < 1.29 is 14.4 Å². The molecule has 1 atom stereocenters. The molecule has 204 valence electrons. The number of hydrogen-bond donors (Lipinski definition) is 2. The fourth-order valence-electron chi connectivity index (χ4n) is 5.27. The molecule has 1 fully saturated rings. The quantitative estimate of drug-likeness (QED) is 0.464. The van der Waals surface area contributed by atoms with Crippen molar-refractivity contribution in [1.29, 1.82) is 0 Å². The van der Waals surface area contributed by atoms with Gasteiger partial charge in [0.1, 0.15) is 11.9 Å². The van der Waals surface area contributed by atoms with Gasteiger partial charge in [0.05, 0.1) is 11.4 Å². The van der Waals surface area contributed by atoms with Gasteiger partial charge in [0.25, 0.3) is 5.91 Å². The van der Waals surface area contributed by atoms with E-state index >= 15 is 0 Å². The van der Waals surface area contributed by atoms with E-state index in [-0.39, 0.29) is 35.9 Å². The predicted octanol–water partition coefficient (Wildman–Crippen LogP) is 5.37. The van der Waals surface area contributed by atoms with Crippen molar-refractivity contribution in [1.82, 2.24) is 10.2 Å². The monoisotopic (exact) mass is 545 g/mol. The summed E-state index contributed by atoms with van der Waals surface area (Å²) in [7, 11) is 0. The maximum absolute atomic E-state index is 13.0. The maximum atomic E-state index is 13.0. The Labute approximate surface area is 233 Å². The molecular formula is C30H35N5O3S. The molecule has 0 spiro atoms. The molecule has 0 aromatic heterocycles. The van der Waals surface area contributed by atoms with Crippen molar-refractivity contribution in [3.8, 4) is 0 Å². The second-order valence-electron chi connectivity index (χ2n) is 10.6. The minimum atomic E-state index is -0.622. The van der Waals surface area contributed by atoms with Crippen molar-refractivity contribution in [3.63, 3.8) is 0 Å². The number of benzene rings is 2. The third-order valence-electron chi connectivity index (χ3n) is 7.42. The zero-order valence-corrected chi connectivity index (χ0v) is 23.3. The number of hydrogen-bond acceptors (Lipinski definition) is 6. The number of anilines is 1. The van der Waals surface area contributed by atoms with Crippen LogP contribution in [-0.2, 0) is 14.4 Å². The maximum Gasteiger partial charge on any atom is 0.270 e. The molecule has 2 N–H and O–H groups in total. The summed E-state index contributed by atoms with van der Waals surface area (Å²) >= 11 is 1.27. The molecule has 8 nitrogen and oxygen atoms in total. The summed E-state index contributed by atoms with van der Waals surface area (Å²) in [6.45, 7) is 4.26. The highest BCUT2D eigenvalue weighted by molar-refractivity contribution is 8.14. The van der Waals surface area contributed by atoms with E-state index in [0.717, 1.165) is 36.9 Å². The minimum absolute atomic E-state index is 0.0328. The number of fused-ring (bicyclic) bond motifs is 3. The van der Waals surface area contributed by atoms with Crippen molar-refractivity contribution >= 4 is 51.9 Å². The number of thioether (sulfide) groups is 1. The van der Waals surface area contributed by atoms with Crippen LogP contribution < -0.4 is 10.6 Å². The number of amidine groups is 2. The standard InChI is InChI=1S/C30H35N5O3S/c1-19(2)20-12-14-22(15-13-20)32-27(37)18-39-30-33-24-11-7-6-10-23(24)28-34-29(38)25(35(28)30)16-17-26(36)31-21-8-4-3-5-9-21/h6-7,10-15,19,21,25H,3-5,8-9,16-18H2,1-2H3,(H,31,36)(H,32,37). The molecule has 0 radical (unpaired) electrons. The molecule has 3 amide bonds. The zero-order valence-electron chi connectivity index (χ0n) is 22.5. The van der Waals surface area contributed by atoms with Gasteiger partial charge in [-0.1, -0.05) is 69.1 Å². The van der Waals surface area contributed by atoms with Gasteiger partial charge in [-0.3, -0.25) is 19.3 Å². The summed E-state index contributed by atoms with van der Waals surface area (Å²) in [5, 5.41) is 6.62. The predicted molar refractivity (Wildman–Crippen MR) is 157 cm³/mol. The van der Waals surface area contributed by atoms with Crippen LogP contribution in [0.15, 0.2) is 58.5 Å². The molecule has 39 heavy (non-hydrogen) atoms. The minimum Gasteiger partial charge on any atom is -0.353 e. The molecule has 2 aliphatic heterocycles. The Morgan fingerprint density at radius 1 is 1.00 bits per heavy atom. The average molecular weight is 546 g/mol. The molecule has 1 unspecified atom stereocenters. The van der Waals surface area contributed by atoms with Gasteiger partial charge >= 0.3 is 0 Å². The molecule has 2 aromatic carbocycles. The van der Waals surface area contributed by atoms with Gasteiger partial charge in [0.15, 0.2) is 5.17 Å². The van der Waals surface area contributed by atoms with Crippen LogP contribution in [0.3, 0.4) is 0 Å². The largest absolute Gasteiger partial charge is 0.353 e. The van der Waals surface area contributed by atoms with E-state index in [1.807, 2.05) is 53.4 Å². The topological polar surface area (TPSA) is 103 Å². The number of nitrogens with one attached hydrogen (secondary N) is 2. The number of carbonyl (C=O) groups is 3. The smallest absolute Gasteiger partial charge is 0.270 e. The van der Waals surface area contributed by atoms with Crippen LogP contribution in [0, 0.1) is 0 Å². The third kappa shape index (κ3) is 6.41. The second-order valence-corrected chi connectivity index (χ2v) is 11.6. The summed E-state index contributed by atoms with van der Waals surface area (Å²) in [5.41, 5.74) is 3.44. The number of amides is 3. The van der Waals surface area contributed by atoms with E-state index in [9.17, 15) is 14.4 Å². The van der Waals surface area contributed by atoms with Gasteiger partial charge in [0, 0.05) is 23.7 Å². The zero-order chi connectivity index (χ0) is 27.4. The van der Waals surface area contributed by atoms with Crippen LogP contribution in [-0.4, -0.2) is 51.5 Å². The van der Waals surface area contributed by atoms with Gasteiger partial charge < -0.3 is 10.6 Å². The van der Waals surface area contributed by atoms with E-state index in [4.69, 9.17) is 4.99 Å². The Hall–Kier alpha value is -3.46. The first-order chi connectivity index (χ1) is 18.9. The Balaban J connectivity index is 1.26. The Bertz CT molecular complexity index is 1300.